The Morgan fingerprint density at radius 3 is 3.07 bits per heavy atom. The first-order valence-corrected chi connectivity index (χ1v) is 5.52. The van der Waals surface area contributed by atoms with Crippen molar-refractivity contribution in [1.82, 2.24) is 9.97 Å². The number of H-pyrrole nitrogens is 1. The van der Waals surface area contributed by atoms with Gasteiger partial charge in [-0.25, -0.2) is 4.98 Å². The lowest BCUT2D eigenvalue weighted by Gasteiger charge is -2.09. The number of aromatic nitrogens is 2. The minimum Gasteiger partial charge on any atom is -0.385 e. The van der Waals surface area contributed by atoms with Crippen LogP contribution >= 0.6 is 11.8 Å². The van der Waals surface area contributed by atoms with Crippen molar-refractivity contribution in [1.29, 1.82) is 0 Å². The quantitative estimate of drug-likeness (QED) is 0.578. The molecule has 0 aliphatic rings. The Morgan fingerprint density at radius 1 is 1.73 bits per heavy atom. The minimum atomic E-state index is -0.219. The number of thioether (sulfide) groups is 1. The van der Waals surface area contributed by atoms with Crippen LogP contribution in [-0.2, 0) is 4.74 Å². The average molecular weight is 229 g/mol. The van der Waals surface area contributed by atoms with Crippen LogP contribution in [0.4, 0.5) is 5.82 Å². The molecule has 1 aromatic heterocycles. The van der Waals surface area contributed by atoms with Crippen LogP contribution in [0.1, 0.15) is 13.3 Å². The fourth-order valence-electron chi connectivity index (χ4n) is 1.04. The normalized spacial score (nSPS) is 12.7. The average Bonchev–Trinajstić information content (AvgIpc) is 2.13. The van der Waals surface area contributed by atoms with Gasteiger partial charge in [0.25, 0.3) is 5.56 Å². The van der Waals surface area contributed by atoms with Crippen LogP contribution in [0, 0.1) is 0 Å². The van der Waals surface area contributed by atoms with Gasteiger partial charge in [-0.1, -0.05) is 18.7 Å². The summed E-state index contributed by atoms with van der Waals surface area (Å²) in [4.78, 5) is 17.8. The first-order chi connectivity index (χ1) is 7.11. The van der Waals surface area contributed by atoms with E-state index in [-0.39, 0.29) is 11.4 Å². The SMILES string of the molecule is COCCC(C)Sc1nc(N)cc(=O)[nH]1. The van der Waals surface area contributed by atoms with Crippen LogP contribution < -0.4 is 11.3 Å². The predicted molar refractivity (Wildman–Crippen MR) is 61.1 cm³/mol. The molecule has 1 unspecified atom stereocenters. The van der Waals surface area contributed by atoms with Gasteiger partial charge in [0.15, 0.2) is 5.16 Å². The Kier molecular flexibility index (Phi) is 4.64. The Morgan fingerprint density at radius 2 is 2.47 bits per heavy atom. The molecule has 0 saturated heterocycles. The first-order valence-electron chi connectivity index (χ1n) is 4.64. The third kappa shape index (κ3) is 4.35. The van der Waals surface area contributed by atoms with Gasteiger partial charge in [-0.2, -0.15) is 0 Å². The molecule has 0 saturated carbocycles. The van der Waals surface area contributed by atoms with Crippen molar-refractivity contribution < 1.29 is 4.74 Å². The molecule has 15 heavy (non-hydrogen) atoms. The third-order valence-electron chi connectivity index (χ3n) is 1.78. The van der Waals surface area contributed by atoms with Gasteiger partial charge in [-0.15, -0.1) is 0 Å². The lowest BCUT2D eigenvalue weighted by Crippen LogP contribution is -2.11. The van der Waals surface area contributed by atoms with Crippen molar-refractivity contribution in [3.63, 3.8) is 0 Å². The number of aromatic amines is 1. The second-order valence-corrected chi connectivity index (χ2v) is 4.61. The van der Waals surface area contributed by atoms with Crippen molar-refractivity contribution in [2.45, 2.75) is 23.8 Å². The number of hydrogen-bond donors (Lipinski definition) is 2. The summed E-state index contributed by atoms with van der Waals surface area (Å²) in [6, 6.07) is 1.27. The van der Waals surface area contributed by atoms with Crippen molar-refractivity contribution in [2.75, 3.05) is 19.5 Å². The van der Waals surface area contributed by atoms with Crippen LogP contribution in [-0.4, -0.2) is 28.9 Å². The Balaban J connectivity index is 2.60. The number of nitrogens with one attached hydrogen (secondary N) is 1. The minimum absolute atomic E-state index is 0.219. The Bertz CT molecular complexity index is 367. The van der Waals surface area contributed by atoms with E-state index in [0.717, 1.165) is 6.42 Å². The molecule has 1 rings (SSSR count). The summed E-state index contributed by atoms with van der Waals surface area (Å²) in [5.41, 5.74) is 5.25. The molecule has 1 atom stereocenters. The molecule has 0 aliphatic carbocycles. The zero-order chi connectivity index (χ0) is 11.3. The summed E-state index contributed by atoms with van der Waals surface area (Å²) in [6.07, 6.45) is 0.902. The number of rotatable bonds is 5. The maximum atomic E-state index is 11.1. The van der Waals surface area contributed by atoms with E-state index < -0.39 is 0 Å². The molecule has 0 bridgehead atoms. The maximum Gasteiger partial charge on any atom is 0.253 e. The van der Waals surface area contributed by atoms with E-state index in [0.29, 0.717) is 17.0 Å². The molecule has 3 N–H and O–H groups in total. The monoisotopic (exact) mass is 229 g/mol. The number of nitrogens with two attached hydrogens (primary N) is 1. The second kappa shape index (κ2) is 5.77. The second-order valence-electron chi connectivity index (χ2n) is 3.19. The molecule has 0 spiro atoms. The van der Waals surface area contributed by atoms with Crippen molar-refractivity contribution >= 4 is 17.6 Å². The number of anilines is 1. The summed E-state index contributed by atoms with van der Waals surface area (Å²) in [7, 11) is 1.66. The van der Waals surface area contributed by atoms with Gasteiger partial charge in [0.2, 0.25) is 0 Å². The lowest BCUT2D eigenvalue weighted by atomic mass is 10.3. The molecular weight excluding hydrogens is 214 g/mol. The van der Waals surface area contributed by atoms with Crippen LogP contribution in [0.5, 0.6) is 0 Å². The van der Waals surface area contributed by atoms with E-state index in [4.69, 9.17) is 10.5 Å². The highest BCUT2D eigenvalue weighted by Gasteiger charge is 2.06. The van der Waals surface area contributed by atoms with E-state index in [1.165, 1.54) is 17.8 Å². The van der Waals surface area contributed by atoms with Crippen LogP contribution in [0.2, 0.25) is 0 Å². The fraction of sp³-hybridized carbons (Fsp3) is 0.556. The van der Waals surface area contributed by atoms with Crippen LogP contribution in [0.3, 0.4) is 0 Å². The highest BCUT2D eigenvalue weighted by atomic mass is 32.2. The molecule has 0 amide bonds. The van der Waals surface area contributed by atoms with Gasteiger partial charge in [0.1, 0.15) is 5.82 Å². The molecule has 0 fully saturated rings. The predicted octanol–water partition coefficient (Wildman–Crippen LogP) is 0.869. The summed E-state index contributed by atoms with van der Waals surface area (Å²) in [5, 5.41) is 0.888. The Hall–Kier alpha value is -1.01. The topological polar surface area (TPSA) is 81.0 Å². The smallest absolute Gasteiger partial charge is 0.253 e. The first kappa shape index (κ1) is 12.1. The molecule has 1 aromatic rings. The van der Waals surface area contributed by atoms with Gasteiger partial charge in [0, 0.05) is 25.0 Å². The summed E-state index contributed by atoms with van der Waals surface area (Å²) in [6.45, 7) is 2.74. The summed E-state index contributed by atoms with van der Waals surface area (Å²) >= 11 is 1.49. The van der Waals surface area contributed by atoms with E-state index in [2.05, 4.69) is 9.97 Å². The van der Waals surface area contributed by atoms with E-state index in [1.54, 1.807) is 7.11 Å². The summed E-state index contributed by atoms with van der Waals surface area (Å²) in [5.74, 6) is 0.250. The lowest BCUT2D eigenvalue weighted by molar-refractivity contribution is 0.195. The van der Waals surface area contributed by atoms with Gasteiger partial charge >= 0.3 is 0 Å². The van der Waals surface area contributed by atoms with E-state index in [9.17, 15) is 4.79 Å². The molecular formula is C9H15N3O2S. The standard InChI is InChI=1S/C9H15N3O2S/c1-6(3-4-14-2)15-9-11-7(10)5-8(13)12-9/h5-6H,3-4H2,1-2H3,(H3,10,11,12,13). The summed E-state index contributed by atoms with van der Waals surface area (Å²) < 4.78 is 4.97. The van der Waals surface area contributed by atoms with Gasteiger partial charge in [0.05, 0.1) is 0 Å². The van der Waals surface area contributed by atoms with Crippen molar-refractivity contribution in [2.24, 2.45) is 0 Å². The molecule has 84 valence electrons. The number of nitrogens with zero attached hydrogens (tertiary/aromatic N) is 1. The number of hydrogen-bond acceptors (Lipinski definition) is 5. The van der Waals surface area contributed by atoms with Gasteiger partial charge < -0.3 is 15.5 Å². The van der Waals surface area contributed by atoms with Crippen LogP contribution in [0.15, 0.2) is 16.0 Å². The zero-order valence-electron chi connectivity index (χ0n) is 8.82. The van der Waals surface area contributed by atoms with E-state index in [1.807, 2.05) is 6.92 Å². The molecule has 1 heterocycles. The van der Waals surface area contributed by atoms with Crippen molar-refractivity contribution in [3.8, 4) is 0 Å². The largest absolute Gasteiger partial charge is 0.385 e. The molecule has 5 nitrogen and oxygen atoms in total. The highest BCUT2D eigenvalue weighted by Crippen LogP contribution is 2.20. The fourth-order valence-corrected chi connectivity index (χ4v) is 1.96. The van der Waals surface area contributed by atoms with Crippen molar-refractivity contribution in [3.05, 3.63) is 16.4 Å². The molecule has 0 aromatic carbocycles. The Labute approximate surface area is 92.4 Å². The van der Waals surface area contributed by atoms with Gasteiger partial charge in [-0.05, 0) is 6.42 Å². The van der Waals surface area contributed by atoms with Crippen LogP contribution in [0.25, 0.3) is 0 Å². The molecule has 0 aliphatic heterocycles. The van der Waals surface area contributed by atoms with Gasteiger partial charge in [-0.3, -0.25) is 4.79 Å². The van der Waals surface area contributed by atoms with E-state index >= 15 is 0 Å². The molecule has 6 heteroatoms. The number of ether oxygens (including phenoxy) is 1. The highest BCUT2D eigenvalue weighted by molar-refractivity contribution is 7.99. The maximum absolute atomic E-state index is 11.1. The number of nitrogen functional groups attached to an aromatic ring is 1. The molecule has 0 radical (unpaired) electrons. The number of methoxy groups -OCH3 is 1. The third-order valence-corrected chi connectivity index (χ3v) is 2.84. The zero-order valence-corrected chi connectivity index (χ0v) is 9.63.